The summed E-state index contributed by atoms with van der Waals surface area (Å²) in [6.45, 7) is 0. The zero-order valence-electron chi connectivity index (χ0n) is 9.76. The quantitative estimate of drug-likeness (QED) is 0.738. The van der Waals surface area contributed by atoms with Gasteiger partial charge in [0, 0.05) is 0 Å². The van der Waals surface area contributed by atoms with Crippen LogP contribution in [0.5, 0.6) is 0 Å². The summed E-state index contributed by atoms with van der Waals surface area (Å²) < 4.78 is 26.4. The second-order valence-corrected chi connectivity index (χ2v) is 6.17. The lowest BCUT2D eigenvalue weighted by atomic mass is 10.3. The van der Waals surface area contributed by atoms with Crippen LogP contribution in [0.15, 0.2) is 64.6 Å². The predicted molar refractivity (Wildman–Crippen MR) is 76.0 cm³/mol. The number of hydrogen-bond acceptors (Lipinski definition) is 4. The van der Waals surface area contributed by atoms with Gasteiger partial charge in [-0.15, -0.1) is 12.6 Å². The molecule has 0 spiro atoms. The summed E-state index contributed by atoms with van der Waals surface area (Å²) in [5.74, 6) is 0. The second-order valence-electron chi connectivity index (χ2n) is 3.98. The number of rotatable bonds is 2. The second kappa shape index (κ2) is 4.40. The lowest BCUT2D eigenvalue weighted by Crippen LogP contribution is -2.13. The molecule has 6 heteroatoms. The SMILES string of the molecule is O=S(=O)(c1ccccc1)n1c(S)nc2ccccc21. The molecule has 96 valence electrons. The molecule has 0 saturated carbocycles. The number of aromatic nitrogens is 2. The molecular weight excluding hydrogens is 280 g/mol. The van der Waals surface area contributed by atoms with Gasteiger partial charge in [-0.05, 0) is 24.3 Å². The van der Waals surface area contributed by atoms with Gasteiger partial charge in [-0.3, -0.25) is 0 Å². The molecule has 0 atom stereocenters. The van der Waals surface area contributed by atoms with Gasteiger partial charge in [0.05, 0.1) is 15.9 Å². The van der Waals surface area contributed by atoms with Crippen LogP contribution in [0, 0.1) is 0 Å². The van der Waals surface area contributed by atoms with Gasteiger partial charge in [-0.2, -0.15) is 0 Å². The van der Waals surface area contributed by atoms with E-state index in [0.29, 0.717) is 11.0 Å². The molecule has 2 aromatic carbocycles. The number of thiol groups is 1. The first kappa shape index (κ1) is 12.3. The lowest BCUT2D eigenvalue weighted by molar-refractivity contribution is 0.584. The number of imidazole rings is 1. The fourth-order valence-electron chi connectivity index (χ4n) is 1.93. The average molecular weight is 290 g/mol. The molecule has 0 bridgehead atoms. The third-order valence-corrected chi connectivity index (χ3v) is 4.94. The summed E-state index contributed by atoms with van der Waals surface area (Å²) in [5.41, 5.74) is 1.13. The van der Waals surface area contributed by atoms with Crippen molar-refractivity contribution in [1.82, 2.24) is 8.96 Å². The molecule has 1 aromatic heterocycles. The number of para-hydroxylation sites is 2. The van der Waals surface area contributed by atoms with Crippen LogP contribution in [-0.2, 0) is 10.0 Å². The zero-order valence-corrected chi connectivity index (χ0v) is 11.5. The summed E-state index contributed by atoms with van der Waals surface area (Å²) in [6, 6.07) is 15.3. The Kier molecular flexibility index (Phi) is 2.83. The zero-order chi connectivity index (χ0) is 13.5. The van der Waals surface area contributed by atoms with Gasteiger partial charge in [-0.25, -0.2) is 17.4 Å². The van der Waals surface area contributed by atoms with Crippen molar-refractivity contribution in [3.05, 3.63) is 54.6 Å². The molecule has 4 nitrogen and oxygen atoms in total. The standard InChI is InChI=1S/C13H10N2O2S2/c16-19(17,10-6-2-1-3-7-10)15-12-9-5-4-8-11(12)14-13(15)18/h1-9H,(H,14,18). The van der Waals surface area contributed by atoms with E-state index in [1.165, 1.54) is 0 Å². The third kappa shape index (κ3) is 1.93. The van der Waals surface area contributed by atoms with Crippen molar-refractivity contribution in [2.45, 2.75) is 10.1 Å². The topological polar surface area (TPSA) is 52.0 Å². The molecule has 0 radical (unpaired) electrons. The van der Waals surface area contributed by atoms with Crippen LogP contribution in [0.3, 0.4) is 0 Å². The first-order valence-electron chi connectivity index (χ1n) is 5.58. The maximum absolute atomic E-state index is 12.6. The molecule has 0 unspecified atom stereocenters. The molecular formula is C13H10N2O2S2. The van der Waals surface area contributed by atoms with E-state index in [0.717, 1.165) is 3.97 Å². The first-order valence-corrected chi connectivity index (χ1v) is 7.46. The smallest absolute Gasteiger partial charge is 0.222 e. The van der Waals surface area contributed by atoms with E-state index < -0.39 is 10.0 Å². The molecule has 0 aliphatic heterocycles. The van der Waals surface area contributed by atoms with E-state index in [1.807, 2.05) is 6.07 Å². The van der Waals surface area contributed by atoms with Crippen molar-refractivity contribution in [3.8, 4) is 0 Å². The largest absolute Gasteiger partial charge is 0.270 e. The number of nitrogens with zero attached hydrogens (tertiary/aromatic N) is 2. The van der Waals surface area contributed by atoms with Crippen LogP contribution in [-0.4, -0.2) is 17.4 Å². The van der Waals surface area contributed by atoms with Crippen LogP contribution < -0.4 is 0 Å². The van der Waals surface area contributed by atoms with E-state index in [1.54, 1.807) is 48.5 Å². The molecule has 1 heterocycles. The van der Waals surface area contributed by atoms with Crippen molar-refractivity contribution in [1.29, 1.82) is 0 Å². The molecule has 0 aliphatic carbocycles. The highest BCUT2D eigenvalue weighted by molar-refractivity contribution is 7.90. The molecule has 0 N–H and O–H groups in total. The van der Waals surface area contributed by atoms with Gasteiger partial charge in [0.25, 0.3) is 10.0 Å². The highest BCUT2D eigenvalue weighted by Gasteiger charge is 2.22. The molecule has 3 rings (SSSR count). The highest BCUT2D eigenvalue weighted by atomic mass is 32.2. The van der Waals surface area contributed by atoms with Gasteiger partial charge in [0.2, 0.25) is 0 Å². The summed E-state index contributed by atoms with van der Waals surface area (Å²) in [4.78, 5) is 4.37. The Bertz CT molecular complexity index is 839. The Hall–Kier alpha value is -1.79. The summed E-state index contributed by atoms with van der Waals surface area (Å²) in [7, 11) is -3.68. The predicted octanol–water partition coefficient (Wildman–Crippen LogP) is 2.56. The first-order chi connectivity index (χ1) is 9.10. The molecule has 0 amide bonds. The number of benzene rings is 2. The van der Waals surface area contributed by atoms with Crippen LogP contribution >= 0.6 is 12.6 Å². The summed E-state index contributed by atoms with van der Waals surface area (Å²) >= 11 is 4.17. The molecule has 19 heavy (non-hydrogen) atoms. The Balaban J connectivity index is 2.34. The van der Waals surface area contributed by atoms with E-state index in [9.17, 15) is 8.42 Å². The highest BCUT2D eigenvalue weighted by Crippen LogP contribution is 2.24. The van der Waals surface area contributed by atoms with Gasteiger partial charge < -0.3 is 0 Å². The van der Waals surface area contributed by atoms with Crippen LogP contribution in [0.4, 0.5) is 0 Å². The van der Waals surface area contributed by atoms with Crippen LogP contribution in [0.2, 0.25) is 0 Å². The lowest BCUT2D eigenvalue weighted by Gasteiger charge is -2.07. The maximum atomic E-state index is 12.6. The Morgan fingerprint density at radius 3 is 2.32 bits per heavy atom. The van der Waals surface area contributed by atoms with E-state index in [2.05, 4.69) is 17.6 Å². The minimum atomic E-state index is -3.68. The monoisotopic (exact) mass is 290 g/mol. The Morgan fingerprint density at radius 2 is 1.58 bits per heavy atom. The Morgan fingerprint density at radius 1 is 0.947 bits per heavy atom. The Labute approximate surface area is 116 Å². The van der Waals surface area contributed by atoms with Gasteiger partial charge >= 0.3 is 0 Å². The average Bonchev–Trinajstić information content (AvgIpc) is 2.76. The summed E-state index contributed by atoms with van der Waals surface area (Å²) in [5, 5.41) is 0.157. The minimum Gasteiger partial charge on any atom is -0.222 e. The number of fused-ring (bicyclic) bond motifs is 1. The van der Waals surface area contributed by atoms with E-state index >= 15 is 0 Å². The van der Waals surface area contributed by atoms with E-state index in [-0.39, 0.29) is 10.1 Å². The van der Waals surface area contributed by atoms with Gasteiger partial charge in [0.1, 0.15) is 0 Å². The van der Waals surface area contributed by atoms with Crippen molar-refractivity contribution >= 4 is 33.7 Å². The van der Waals surface area contributed by atoms with Crippen molar-refractivity contribution in [2.24, 2.45) is 0 Å². The van der Waals surface area contributed by atoms with Crippen LogP contribution in [0.1, 0.15) is 0 Å². The van der Waals surface area contributed by atoms with E-state index in [4.69, 9.17) is 0 Å². The molecule has 3 aromatic rings. The molecule has 0 aliphatic rings. The summed E-state index contributed by atoms with van der Waals surface area (Å²) in [6.07, 6.45) is 0. The van der Waals surface area contributed by atoms with Gasteiger partial charge in [-0.1, -0.05) is 30.3 Å². The number of hydrogen-bond donors (Lipinski definition) is 1. The normalized spacial score (nSPS) is 11.8. The van der Waals surface area contributed by atoms with Gasteiger partial charge in [0.15, 0.2) is 5.16 Å². The van der Waals surface area contributed by atoms with Crippen LogP contribution in [0.25, 0.3) is 11.0 Å². The fourth-order valence-corrected chi connectivity index (χ4v) is 3.85. The van der Waals surface area contributed by atoms with Crippen molar-refractivity contribution < 1.29 is 8.42 Å². The fraction of sp³-hybridized carbons (Fsp3) is 0. The molecule has 0 saturated heterocycles. The minimum absolute atomic E-state index is 0.157. The van der Waals surface area contributed by atoms with Crippen molar-refractivity contribution in [3.63, 3.8) is 0 Å². The maximum Gasteiger partial charge on any atom is 0.270 e. The van der Waals surface area contributed by atoms with Crippen molar-refractivity contribution in [2.75, 3.05) is 0 Å². The molecule has 0 fully saturated rings. The third-order valence-electron chi connectivity index (χ3n) is 2.78.